The topological polar surface area (TPSA) is 77.2 Å². The number of hydrogen-bond acceptors (Lipinski definition) is 2. The van der Waals surface area contributed by atoms with Crippen molar-refractivity contribution in [3.63, 3.8) is 0 Å². The van der Waals surface area contributed by atoms with Gasteiger partial charge in [-0.05, 0) is 37.5 Å². The molecular formula is C18H24N4O2. The molecule has 1 fully saturated rings. The van der Waals surface area contributed by atoms with Crippen molar-refractivity contribution in [2.45, 2.75) is 27.2 Å². The molecule has 6 heteroatoms. The van der Waals surface area contributed by atoms with Gasteiger partial charge in [0.2, 0.25) is 5.91 Å². The fourth-order valence-corrected chi connectivity index (χ4v) is 3.31. The summed E-state index contributed by atoms with van der Waals surface area (Å²) in [4.78, 5) is 28.9. The summed E-state index contributed by atoms with van der Waals surface area (Å²) in [6.45, 7) is 8.56. The Kier molecular flexibility index (Phi) is 4.46. The second-order valence-electron chi connectivity index (χ2n) is 6.42. The predicted molar refractivity (Wildman–Crippen MR) is 94.2 cm³/mol. The number of amides is 3. The molecule has 128 valence electrons. The summed E-state index contributed by atoms with van der Waals surface area (Å²) in [6, 6.07) is 4.14. The molecule has 1 aliphatic heterocycles. The van der Waals surface area contributed by atoms with Gasteiger partial charge in [-0.15, -0.1) is 0 Å². The standard InChI is InChI=1S/C18H24N4O2/c1-11-4-5-12(2)17-16(11)14(13(3)21-17)10-15(23)19-6-8-22-9-7-20-18(22)24/h4-5,21H,6-10H2,1-3H3,(H,19,23)(H,20,24). The van der Waals surface area contributed by atoms with Gasteiger partial charge in [0.1, 0.15) is 0 Å². The molecule has 1 aliphatic rings. The first kappa shape index (κ1) is 16.4. The molecule has 0 unspecified atom stereocenters. The average Bonchev–Trinajstić information content (AvgIpc) is 3.09. The molecule has 3 N–H and O–H groups in total. The second kappa shape index (κ2) is 6.55. The molecule has 24 heavy (non-hydrogen) atoms. The first-order valence-electron chi connectivity index (χ1n) is 8.34. The smallest absolute Gasteiger partial charge is 0.317 e. The predicted octanol–water partition coefficient (Wildman–Crippen LogP) is 1.78. The highest BCUT2D eigenvalue weighted by Crippen LogP contribution is 2.28. The van der Waals surface area contributed by atoms with E-state index in [4.69, 9.17) is 0 Å². The first-order valence-corrected chi connectivity index (χ1v) is 8.34. The molecule has 2 aromatic rings. The number of aryl methyl sites for hydroxylation is 3. The van der Waals surface area contributed by atoms with Crippen LogP contribution in [0.25, 0.3) is 10.9 Å². The summed E-state index contributed by atoms with van der Waals surface area (Å²) < 4.78 is 0. The van der Waals surface area contributed by atoms with Crippen LogP contribution in [0.2, 0.25) is 0 Å². The minimum Gasteiger partial charge on any atom is -0.358 e. The SMILES string of the molecule is Cc1[nH]c2c(C)ccc(C)c2c1CC(=O)NCCN1CCNC1=O. The fraction of sp³-hybridized carbons (Fsp3) is 0.444. The molecule has 3 amide bonds. The minimum absolute atomic E-state index is 0.0143. The Balaban J connectivity index is 1.66. The van der Waals surface area contributed by atoms with Gasteiger partial charge in [-0.25, -0.2) is 4.79 Å². The van der Waals surface area contributed by atoms with E-state index in [1.54, 1.807) is 4.90 Å². The maximum Gasteiger partial charge on any atom is 0.317 e. The number of H-pyrrole nitrogens is 1. The van der Waals surface area contributed by atoms with E-state index in [9.17, 15) is 9.59 Å². The van der Waals surface area contributed by atoms with E-state index in [1.165, 1.54) is 11.1 Å². The van der Waals surface area contributed by atoms with Gasteiger partial charge < -0.3 is 20.5 Å². The third-order valence-corrected chi connectivity index (χ3v) is 4.68. The summed E-state index contributed by atoms with van der Waals surface area (Å²) >= 11 is 0. The Labute approximate surface area is 141 Å². The molecule has 0 radical (unpaired) electrons. The van der Waals surface area contributed by atoms with Gasteiger partial charge in [0.25, 0.3) is 0 Å². The summed E-state index contributed by atoms with van der Waals surface area (Å²) in [6.07, 6.45) is 0.350. The van der Waals surface area contributed by atoms with Gasteiger partial charge in [-0.3, -0.25) is 4.79 Å². The Morgan fingerprint density at radius 1 is 1.25 bits per heavy atom. The number of fused-ring (bicyclic) bond motifs is 1. The van der Waals surface area contributed by atoms with Crippen molar-refractivity contribution in [3.05, 3.63) is 34.5 Å². The Morgan fingerprint density at radius 3 is 2.71 bits per heavy atom. The number of aromatic nitrogens is 1. The third-order valence-electron chi connectivity index (χ3n) is 4.68. The monoisotopic (exact) mass is 328 g/mol. The molecule has 0 aliphatic carbocycles. The van der Waals surface area contributed by atoms with Crippen LogP contribution < -0.4 is 10.6 Å². The van der Waals surface area contributed by atoms with E-state index in [1.807, 2.05) is 6.92 Å². The van der Waals surface area contributed by atoms with E-state index in [0.717, 1.165) is 22.2 Å². The minimum atomic E-state index is -0.0529. The summed E-state index contributed by atoms with van der Waals surface area (Å²) in [5.41, 5.74) is 5.57. The van der Waals surface area contributed by atoms with Crippen molar-refractivity contribution < 1.29 is 9.59 Å². The highest BCUT2D eigenvalue weighted by Gasteiger charge is 2.19. The van der Waals surface area contributed by atoms with Gasteiger partial charge in [0.15, 0.2) is 0 Å². The van der Waals surface area contributed by atoms with Crippen LogP contribution in [-0.4, -0.2) is 48.0 Å². The van der Waals surface area contributed by atoms with Crippen LogP contribution in [0.5, 0.6) is 0 Å². The van der Waals surface area contributed by atoms with E-state index in [2.05, 4.69) is 41.6 Å². The van der Waals surface area contributed by atoms with Crippen molar-refractivity contribution >= 4 is 22.8 Å². The van der Waals surface area contributed by atoms with Crippen molar-refractivity contribution in [3.8, 4) is 0 Å². The lowest BCUT2D eigenvalue weighted by Gasteiger charge is -2.14. The maximum atomic E-state index is 12.3. The van der Waals surface area contributed by atoms with Crippen molar-refractivity contribution in [2.75, 3.05) is 26.2 Å². The number of hydrogen-bond donors (Lipinski definition) is 3. The first-order chi connectivity index (χ1) is 11.5. The number of carbonyl (C=O) groups is 2. The zero-order valence-corrected chi connectivity index (χ0v) is 14.5. The summed E-state index contributed by atoms with van der Waals surface area (Å²) in [5, 5.41) is 6.83. The van der Waals surface area contributed by atoms with Crippen LogP contribution in [0.1, 0.15) is 22.4 Å². The molecule has 0 bridgehead atoms. The van der Waals surface area contributed by atoms with Gasteiger partial charge >= 0.3 is 6.03 Å². The third kappa shape index (κ3) is 3.09. The van der Waals surface area contributed by atoms with E-state index < -0.39 is 0 Å². The van der Waals surface area contributed by atoms with Gasteiger partial charge in [0, 0.05) is 42.8 Å². The van der Waals surface area contributed by atoms with Crippen LogP contribution in [0.3, 0.4) is 0 Å². The van der Waals surface area contributed by atoms with Crippen molar-refractivity contribution in [2.24, 2.45) is 0 Å². The second-order valence-corrected chi connectivity index (χ2v) is 6.42. The largest absolute Gasteiger partial charge is 0.358 e. The van der Waals surface area contributed by atoms with Crippen LogP contribution >= 0.6 is 0 Å². The van der Waals surface area contributed by atoms with Gasteiger partial charge in [-0.2, -0.15) is 0 Å². The van der Waals surface area contributed by atoms with Crippen molar-refractivity contribution in [1.82, 2.24) is 20.5 Å². The number of benzene rings is 1. The molecule has 1 aromatic carbocycles. The van der Waals surface area contributed by atoms with E-state index in [-0.39, 0.29) is 11.9 Å². The molecule has 3 rings (SSSR count). The number of nitrogens with one attached hydrogen (secondary N) is 3. The molecule has 0 atom stereocenters. The van der Waals surface area contributed by atoms with E-state index in [0.29, 0.717) is 32.6 Å². The fourth-order valence-electron chi connectivity index (χ4n) is 3.31. The quantitative estimate of drug-likeness (QED) is 0.782. The lowest BCUT2D eigenvalue weighted by Crippen LogP contribution is -2.37. The normalized spacial score (nSPS) is 14.3. The summed E-state index contributed by atoms with van der Waals surface area (Å²) in [5.74, 6) is -0.0143. The zero-order valence-electron chi connectivity index (χ0n) is 14.5. The highest BCUT2D eigenvalue weighted by molar-refractivity contribution is 5.93. The molecule has 0 spiro atoms. The number of carbonyl (C=O) groups excluding carboxylic acids is 2. The Hall–Kier alpha value is -2.50. The molecular weight excluding hydrogens is 304 g/mol. The molecule has 1 saturated heterocycles. The van der Waals surface area contributed by atoms with Crippen LogP contribution in [0.15, 0.2) is 12.1 Å². The number of rotatable bonds is 5. The van der Waals surface area contributed by atoms with Crippen LogP contribution in [-0.2, 0) is 11.2 Å². The maximum absolute atomic E-state index is 12.3. The van der Waals surface area contributed by atoms with Gasteiger partial charge in [0.05, 0.1) is 6.42 Å². The van der Waals surface area contributed by atoms with Crippen LogP contribution in [0, 0.1) is 20.8 Å². The molecule has 6 nitrogen and oxygen atoms in total. The van der Waals surface area contributed by atoms with E-state index >= 15 is 0 Å². The number of aromatic amines is 1. The zero-order chi connectivity index (χ0) is 17.3. The average molecular weight is 328 g/mol. The van der Waals surface area contributed by atoms with Crippen LogP contribution in [0.4, 0.5) is 4.79 Å². The van der Waals surface area contributed by atoms with Crippen molar-refractivity contribution in [1.29, 1.82) is 0 Å². The molecule has 1 aromatic heterocycles. The van der Waals surface area contributed by atoms with Gasteiger partial charge in [-0.1, -0.05) is 12.1 Å². The summed E-state index contributed by atoms with van der Waals surface area (Å²) in [7, 11) is 0. The lowest BCUT2D eigenvalue weighted by atomic mass is 10.0. The Bertz CT molecular complexity index is 794. The lowest BCUT2D eigenvalue weighted by molar-refractivity contribution is -0.120. The number of urea groups is 1. The molecule has 2 heterocycles. The Morgan fingerprint density at radius 2 is 2.00 bits per heavy atom. The molecule has 0 saturated carbocycles. The highest BCUT2D eigenvalue weighted by atomic mass is 16.2. The number of nitrogens with zero attached hydrogens (tertiary/aromatic N) is 1.